The molecule has 1 aliphatic carbocycles. The number of hydrogen-bond donors (Lipinski definition) is 3. The van der Waals surface area contributed by atoms with Crippen LogP contribution in [-0.4, -0.2) is 29.1 Å². The fourth-order valence-corrected chi connectivity index (χ4v) is 3.25. The molecule has 0 radical (unpaired) electrons. The third-order valence-electron chi connectivity index (χ3n) is 3.42. The van der Waals surface area contributed by atoms with E-state index in [9.17, 15) is 14.7 Å². The summed E-state index contributed by atoms with van der Waals surface area (Å²) in [7, 11) is 0. The minimum absolute atomic E-state index is 0.155. The first-order valence-corrected chi connectivity index (χ1v) is 7.74. The van der Waals surface area contributed by atoms with Crippen molar-refractivity contribution in [3.8, 4) is 0 Å². The van der Waals surface area contributed by atoms with E-state index >= 15 is 0 Å². The van der Waals surface area contributed by atoms with Crippen molar-refractivity contribution in [2.75, 3.05) is 5.32 Å². The zero-order chi connectivity index (χ0) is 14.5. The zero-order valence-corrected chi connectivity index (χ0v) is 12.3. The van der Waals surface area contributed by atoms with Crippen LogP contribution < -0.4 is 10.6 Å². The van der Waals surface area contributed by atoms with Crippen LogP contribution in [0.15, 0.2) is 12.1 Å². The van der Waals surface area contributed by atoms with Crippen LogP contribution in [0.2, 0.25) is 0 Å². The third kappa shape index (κ3) is 4.05. The highest BCUT2D eigenvalue weighted by Crippen LogP contribution is 2.23. The fourth-order valence-electron chi connectivity index (χ4n) is 2.40. The van der Waals surface area contributed by atoms with Gasteiger partial charge in [-0.3, -0.25) is 9.59 Å². The van der Waals surface area contributed by atoms with Gasteiger partial charge in [-0.25, -0.2) is 0 Å². The zero-order valence-electron chi connectivity index (χ0n) is 11.5. The minimum Gasteiger partial charge on any atom is -0.391 e. The number of thiophene rings is 1. The molecule has 1 fully saturated rings. The molecule has 2 unspecified atom stereocenters. The summed E-state index contributed by atoms with van der Waals surface area (Å²) in [5.41, 5.74) is 0. The molecule has 1 aromatic heterocycles. The summed E-state index contributed by atoms with van der Waals surface area (Å²) in [4.78, 5) is 23.6. The van der Waals surface area contributed by atoms with Crippen molar-refractivity contribution in [2.24, 2.45) is 0 Å². The highest BCUT2D eigenvalue weighted by atomic mass is 32.1. The van der Waals surface area contributed by atoms with Crippen molar-refractivity contribution in [1.29, 1.82) is 0 Å². The van der Waals surface area contributed by atoms with Crippen LogP contribution in [-0.2, 0) is 4.79 Å². The maximum absolute atomic E-state index is 12.1. The predicted octanol–water partition coefficient (Wildman–Crippen LogP) is 2.13. The Kier molecular flexibility index (Phi) is 5.14. The molecule has 1 heterocycles. The lowest BCUT2D eigenvalue weighted by molar-refractivity contribution is -0.114. The first kappa shape index (κ1) is 15.0. The average Bonchev–Trinajstić information content (AvgIpc) is 2.75. The van der Waals surface area contributed by atoms with Crippen molar-refractivity contribution < 1.29 is 14.7 Å². The Balaban J connectivity index is 1.96. The molecule has 6 heteroatoms. The monoisotopic (exact) mass is 296 g/mol. The van der Waals surface area contributed by atoms with Gasteiger partial charge in [-0.05, 0) is 25.0 Å². The molecule has 5 nitrogen and oxygen atoms in total. The molecule has 2 amide bonds. The minimum atomic E-state index is -0.462. The average molecular weight is 296 g/mol. The summed E-state index contributed by atoms with van der Waals surface area (Å²) in [5.74, 6) is -0.337. The Hall–Kier alpha value is -1.40. The molecule has 0 bridgehead atoms. The molecule has 1 aromatic rings. The summed E-state index contributed by atoms with van der Waals surface area (Å²) in [5, 5.41) is 16.2. The van der Waals surface area contributed by atoms with Gasteiger partial charge in [0.15, 0.2) is 0 Å². The SMILES string of the molecule is CC(=O)Nc1ccc(C(=O)NC2CCCCCC2O)s1. The number of aliphatic hydroxyl groups excluding tert-OH is 1. The number of anilines is 1. The molecule has 1 saturated carbocycles. The van der Waals surface area contributed by atoms with Gasteiger partial charge in [0.2, 0.25) is 5.91 Å². The van der Waals surface area contributed by atoms with E-state index in [1.165, 1.54) is 18.3 Å². The molecule has 0 saturated heterocycles. The lowest BCUT2D eigenvalue weighted by Gasteiger charge is -2.21. The van der Waals surface area contributed by atoms with E-state index < -0.39 is 6.10 Å². The van der Waals surface area contributed by atoms with E-state index in [4.69, 9.17) is 0 Å². The quantitative estimate of drug-likeness (QED) is 0.748. The summed E-state index contributed by atoms with van der Waals surface area (Å²) < 4.78 is 0. The van der Waals surface area contributed by atoms with Crippen molar-refractivity contribution in [3.05, 3.63) is 17.0 Å². The second-order valence-electron chi connectivity index (χ2n) is 5.13. The second kappa shape index (κ2) is 6.85. The number of rotatable bonds is 3. The molecule has 3 N–H and O–H groups in total. The van der Waals surface area contributed by atoms with Gasteiger partial charge in [0, 0.05) is 6.92 Å². The molecule has 0 aromatic carbocycles. The van der Waals surface area contributed by atoms with E-state index in [1.54, 1.807) is 12.1 Å². The van der Waals surface area contributed by atoms with Crippen molar-refractivity contribution in [1.82, 2.24) is 5.32 Å². The van der Waals surface area contributed by atoms with Gasteiger partial charge >= 0.3 is 0 Å². The first-order chi connectivity index (χ1) is 9.56. The Labute approximate surface area is 122 Å². The van der Waals surface area contributed by atoms with E-state index in [1.807, 2.05) is 0 Å². The van der Waals surface area contributed by atoms with E-state index in [2.05, 4.69) is 10.6 Å². The number of aliphatic hydroxyl groups is 1. The summed E-state index contributed by atoms with van der Waals surface area (Å²) >= 11 is 1.24. The van der Waals surface area contributed by atoms with Gasteiger partial charge in [0.1, 0.15) is 0 Å². The molecule has 0 aliphatic heterocycles. The Morgan fingerprint density at radius 3 is 2.75 bits per heavy atom. The topological polar surface area (TPSA) is 78.4 Å². The number of carbonyl (C=O) groups is 2. The van der Waals surface area contributed by atoms with Gasteiger partial charge in [0.25, 0.3) is 5.91 Å². The first-order valence-electron chi connectivity index (χ1n) is 6.92. The van der Waals surface area contributed by atoms with Crippen LogP contribution >= 0.6 is 11.3 Å². The highest BCUT2D eigenvalue weighted by molar-refractivity contribution is 7.18. The number of carbonyl (C=O) groups excluding carboxylic acids is 2. The largest absolute Gasteiger partial charge is 0.391 e. The number of hydrogen-bond acceptors (Lipinski definition) is 4. The van der Waals surface area contributed by atoms with Crippen LogP contribution in [0, 0.1) is 0 Å². The lowest BCUT2D eigenvalue weighted by atomic mass is 10.1. The Morgan fingerprint density at radius 1 is 1.25 bits per heavy atom. The highest BCUT2D eigenvalue weighted by Gasteiger charge is 2.24. The number of amides is 2. The van der Waals surface area contributed by atoms with Gasteiger partial charge < -0.3 is 15.7 Å². The van der Waals surface area contributed by atoms with Crippen LogP contribution in [0.25, 0.3) is 0 Å². The van der Waals surface area contributed by atoms with E-state index in [-0.39, 0.29) is 17.9 Å². The summed E-state index contributed by atoms with van der Waals surface area (Å²) in [6, 6.07) is 3.23. The molecular weight excluding hydrogens is 276 g/mol. The van der Waals surface area contributed by atoms with Crippen LogP contribution in [0.5, 0.6) is 0 Å². The Bertz CT molecular complexity index is 487. The van der Waals surface area contributed by atoms with Gasteiger partial charge in [0.05, 0.1) is 22.0 Å². The molecule has 2 rings (SSSR count). The van der Waals surface area contributed by atoms with Gasteiger partial charge in [-0.15, -0.1) is 11.3 Å². The van der Waals surface area contributed by atoms with E-state index in [0.29, 0.717) is 9.88 Å². The van der Waals surface area contributed by atoms with Gasteiger partial charge in [-0.2, -0.15) is 0 Å². The lowest BCUT2D eigenvalue weighted by Crippen LogP contribution is -2.42. The molecule has 1 aliphatic rings. The molecule has 2 atom stereocenters. The maximum atomic E-state index is 12.1. The molecular formula is C14H20N2O3S. The third-order valence-corrected chi connectivity index (χ3v) is 4.42. The number of nitrogens with one attached hydrogen (secondary N) is 2. The summed E-state index contributed by atoms with van der Waals surface area (Å²) in [6.07, 6.45) is 4.25. The molecule has 0 spiro atoms. The van der Waals surface area contributed by atoms with Crippen LogP contribution in [0.4, 0.5) is 5.00 Å². The van der Waals surface area contributed by atoms with Crippen LogP contribution in [0.1, 0.15) is 48.7 Å². The Morgan fingerprint density at radius 2 is 2.00 bits per heavy atom. The summed E-state index contributed by atoms with van der Waals surface area (Å²) in [6.45, 7) is 1.43. The maximum Gasteiger partial charge on any atom is 0.261 e. The molecule has 20 heavy (non-hydrogen) atoms. The van der Waals surface area contributed by atoms with E-state index in [0.717, 1.165) is 32.1 Å². The van der Waals surface area contributed by atoms with Crippen LogP contribution in [0.3, 0.4) is 0 Å². The predicted molar refractivity (Wildman–Crippen MR) is 79.0 cm³/mol. The van der Waals surface area contributed by atoms with Crippen molar-refractivity contribution >= 4 is 28.2 Å². The van der Waals surface area contributed by atoms with Crippen molar-refractivity contribution in [2.45, 2.75) is 51.2 Å². The fraction of sp³-hybridized carbons (Fsp3) is 0.571. The van der Waals surface area contributed by atoms with Crippen molar-refractivity contribution in [3.63, 3.8) is 0 Å². The second-order valence-corrected chi connectivity index (χ2v) is 6.21. The smallest absolute Gasteiger partial charge is 0.261 e. The van der Waals surface area contributed by atoms with Gasteiger partial charge in [-0.1, -0.05) is 19.3 Å². The standard InChI is InChI=1S/C14H20N2O3S/c1-9(17)15-13-8-7-12(20-13)14(19)16-10-5-3-2-4-6-11(10)18/h7-8,10-11,18H,2-6H2,1H3,(H,15,17)(H,16,19). The molecule has 110 valence electrons. The normalized spacial score (nSPS) is 22.9.